The molecule has 7 nitrogen and oxygen atoms in total. The Morgan fingerprint density at radius 3 is 1.48 bits per heavy atom. The minimum absolute atomic E-state index is 0. The molecule has 1 N–H and O–H groups in total. The number of nitrogens with zero attached hydrogens (tertiary/aromatic N) is 5. The molecule has 0 radical (unpaired) electrons. The second kappa shape index (κ2) is 16.1. The van der Waals surface area contributed by atoms with Gasteiger partial charge < -0.3 is 19.9 Å². The van der Waals surface area contributed by atoms with Gasteiger partial charge in [-0.1, -0.05) is 35.4 Å². The number of pyridine rings is 3. The molecule has 5 aromatic rings. The van der Waals surface area contributed by atoms with E-state index in [0.29, 0.717) is 11.4 Å². The number of aromatic nitrogens is 3. The van der Waals surface area contributed by atoms with Gasteiger partial charge >= 0.3 is 20.1 Å². The van der Waals surface area contributed by atoms with Crippen molar-refractivity contribution >= 4 is 5.97 Å². The molecule has 3 aromatic heterocycles. The number of hydrogen-bond acceptors (Lipinski definition) is 6. The molecule has 5 rings (SSSR count). The fraction of sp³-hybridized carbons (Fsp3) is 0. The molecule has 0 aliphatic carbocycles. The predicted octanol–water partition coefficient (Wildman–Crippen LogP) is 5.97. The van der Waals surface area contributed by atoms with Gasteiger partial charge in [-0.25, -0.2) is 0 Å². The normalized spacial score (nSPS) is 9.38. The number of nitriles is 2. The number of rotatable bonds is 3. The summed E-state index contributed by atoms with van der Waals surface area (Å²) in [5, 5.41) is 25.5. The van der Waals surface area contributed by atoms with Gasteiger partial charge in [0.05, 0.1) is 35.4 Å². The maximum atomic E-state index is 13.7. The zero-order valence-corrected chi connectivity index (χ0v) is 23.3. The number of carboxylic acids is 1. The van der Waals surface area contributed by atoms with Gasteiger partial charge in [0.25, 0.3) is 0 Å². The zero-order chi connectivity index (χ0) is 29.8. The maximum absolute atomic E-state index is 13.7. The Balaban J connectivity index is 0.000000227. The van der Waals surface area contributed by atoms with Gasteiger partial charge in [-0.2, -0.15) is 16.6 Å². The van der Waals surface area contributed by atoms with Crippen LogP contribution in [0.4, 0.5) is 17.6 Å². The van der Waals surface area contributed by atoms with Gasteiger partial charge in [0, 0.05) is 29.2 Å². The van der Waals surface area contributed by atoms with Crippen LogP contribution in [0.1, 0.15) is 21.6 Å². The molecule has 208 valence electrons. The van der Waals surface area contributed by atoms with Crippen molar-refractivity contribution in [1.29, 1.82) is 10.5 Å². The molecule has 0 atom stereocenters. The largest absolute Gasteiger partial charge is 3.00 e. The van der Waals surface area contributed by atoms with Gasteiger partial charge in [-0.05, 0) is 29.7 Å². The molecule has 42 heavy (non-hydrogen) atoms. The van der Waals surface area contributed by atoms with E-state index < -0.39 is 40.4 Å². The van der Waals surface area contributed by atoms with Crippen molar-refractivity contribution in [1.82, 2.24) is 15.0 Å². The summed E-state index contributed by atoms with van der Waals surface area (Å²) in [6.07, 6.45) is 4.38. The molecular formula is C30H14F4IrN5O2. The van der Waals surface area contributed by atoms with E-state index >= 15 is 0 Å². The fourth-order valence-electron chi connectivity index (χ4n) is 3.04. The van der Waals surface area contributed by atoms with Crippen molar-refractivity contribution in [2.75, 3.05) is 0 Å². The average Bonchev–Trinajstić information content (AvgIpc) is 3.00. The first-order valence-electron chi connectivity index (χ1n) is 11.3. The van der Waals surface area contributed by atoms with Gasteiger partial charge in [-0.3, -0.25) is 22.5 Å². The molecule has 3 heterocycles. The Morgan fingerprint density at radius 2 is 1.17 bits per heavy atom. The van der Waals surface area contributed by atoms with Crippen LogP contribution < -0.4 is 0 Å². The number of carbonyl (C=O) groups is 1. The number of carboxylic acid groups (broad SMARTS) is 1. The van der Waals surface area contributed by atoms with Crippen molar-refractivity contribution in [3.8, 4) is 34.7 Å². The van der Waals surface area contributed by atoms with Crippen LogP contribution >= 0.6 is 0 Å². The van der Waals surface area contributed by atoms with E-state index in [1.54, 1.807) is 42.5 Å². The van der Waals surface area contributed by atoms with Gasteiger partial charge in [0.2, 0.25) is 5.97 Å². The number of benzene rings is 2. The van der Waals surface area contributed by atoms with Gasteiger partial charge in [0.15, 0.2) is 0 Å². The molecule has 0 saturated carbocycles. The number of aromatic carboxylic acids is 1. The number of halogens is 4. The fourth-order valence-corrected chi connectivity index (χ4v) is 3.04. The summed E-state index contributed by atoms with van der Waals surface area (Å²) < 4.78 is 53.4. The summed E-state index contributed by atoms with van der Waals surface area (Å²) in [5.41, 5.74) is -0.638. The quantitative estimate of drug-likeness (QED) is 0.178. The molecule has 12 heteroatoms. The third kappa shape index (κ3) is 8.35. The van der Waals surface area contributed by atoms with Crippen molar-refractivity contribution in [2.24, 2.45) is 0 Å². The first-order chi connectivity index (χ1) is 19.8. The molecular weight excluding hydrogens is 731 g/mol. The van der Waals surface area contributed by atoms with E-state index in [9.17, 15) is 22.4 Å². The molecule has 0 aliphatic heterocycles. The first kappa shape index (κ1) is 32.9. The Hall–Kier alpha value is -5.29. The minimum atomic E-state index is -1.05. The number of hydrogen-bond donors (Lipinski definition) is 1. The molecule has 0 unspecified atom stereocenters. The topological polar surface area (TPSA) is 124 Å². The predicted molar refractivity (Wildman–Crippen MR) is 136 cm³/mol. The molecule has 0 aliphatic rings. The molecule has 2 aromatic carbocycles. The zero-order valence-electron chi connectivity index (χ0n) is 20.9. The Kier molecular flexibility index (Phi) is 12.6. The van der Waals surface area contributed by atoms with Crippen molar-refractivity contribution in [2.45, 2.75) is 0 Å². The third-order valence-electron chi connectivity index (χ3n) is 4.92. The van der Waals surface area contributed by atoms with Gasteiger partial charge in [-0.15, -0.1) is 36.4 Å². The van der Waals surface area contributed by atoms with Crippen molar-refractivity contribution < 1.29 is 47.6 Å². The summed E-state index contributed by atoms with van der Waals surface area (Å²) in [5.74, 6) is -4.74. The summed E-state index contributed by atoms with van der Waals surface area (Å²) in [7, 11) is 0. The molecule has 0 bridgehead atoms. The van der Waals surface area contributed by atoms with Crippen LogP contribution in [0.15, 0.2) is 79.3 Å². The van der Waals surface area contributed by atoms with Crippen LogP contribution in [0.2, 0.25) is 0 Å². The second-order valence-corrected chi connectivity index (χ2v) is 7.49. The van der Waals surface area contributed by atoms with E-state index in [1.165, 1.54) is 36.8 Å². The second-order valence-electron chi connectivity index (χ2n) is 7.49. The van der Waals surface area contributed by atoms with Crippen LogP contribution in [-0.2, 0) is 20.1 Å². The van der Waals surface area contributed by atoms with E-state index in [-0.39, 0.29) is 36.9 Å². The Morgan fingerprint density at radius 1 is 0.714 bits per heavy atom. The van der Waals surface area contributed by atoms with Crippen LogP contribution in [0, 0.1) is 64.1 Å². The third-order valence-corrected chi connectivity index (χ3v) is 4.92. The van der Waals surface area contributed by atoms with E-state index in [1.807, 2.05) is 0 Å². The van der Waals surface area contributed by atoms with Crippen LogP contribution in [-0.4, -0.2) is 26.0 Å². The van der Waals surface area contributed by atoms with Crippen molar-refractivity contribution in [3.05, 3.63) is 138 Å². The monoisotopic (exact) mass is 745 g/mol. The average molecular weight is 745 g/mol. The van der Waals surface area contributed by atoms with E-state index in [2.05, 4.69) is 33.2 Å². The smallest absolute Gasteiger partial charge is 0.533 e. The summed E-state index contributed by atoms with van der Waals surface area (Å²) >= 11 is 0. The van der Waals surface area contributed by atoms with E-state index in [4.69, 9.17) is 15.6 Å². The summed E-state index contributed by atoms with van der Waals surface area (Å²) in [6.45, 7) is 0. The molecule has 0 saturated heterocycles. The van der Waals surface area contributed by atoms with Crippen LogP contribution in [0.5, 0.6) is 0 Å². The SMILES string of the molecule is N#Cc1c(F)c[c-]c(-c2ccccn2)c1F.N#Cc1c(F)c[c-]c(-c2ccccn2)c1F.O=C(O)c1[c-]cccn1.[Ir+3]. The van der Waals surface area contributed by atoms with Gasteiger partial charge in [0.1, 0.15) is 0 Å². The first-order valence-corrected chi connectivity index (χ1v) is 11.3. The van der Waals surface area contributed by atoms with E-state index in [0.717, 1.165) is 12.1 Å². The molecule has 0 amide bonds. The molecule has 0 fully saturated rings. The Labute approximate surface area is 250 Å². The summed E-state index contributed by atoms with van der Waals surface area (Å²) in [6, 6.07) is 25.1. The standard InChI is InChI=1S/2C12H5F2N2.C6H4NO2.Ir/c2*13-10-5-4-8(12(14)9(10)7-15)11-3-1-2-6-16-11;8-6(9)5-3-1-2-4-7-5;/h2*1-3,5-6H;1-2,4H,(H,8,9);/q3*-1;+3. The summed E-state index contributed by atoms with van der Waals surface area (Å²) in [4.78, 5) is 21.5. The Bertz CT molecular complexity index is 1630. The van der Waals surface area contributed by atoms with Crippen molar-refractivity contribution in [3.63, 3.8) is 0 Å². The minimum Gasteiger partial charge on any atom is -0.533 e. The van der Waals surface area contributed by atoms with Crippen LogP contribution in [0.3, 0.4) is 0 Å². The molecule has 0 spiro atoms. The maximum Gasteiger partial charge on any atom is 3.00 e. The van der Waals surface area contributed by atoms with Crippen LogP contribution in [0.25, 0.3) is 22.5 Å².